The van der Waals surface area contributed by atoms with E-state index in [4.69, 9.17) is 60.6 Å². The zero-order valence-electron chi connectivity index (χ0n) is 13.4. The van der Waals surface area contributed by atoms with Gasteiger partial charge in [0.25, 0.3) is 0 Å². The molecule has 0 fully saturated rings. The largest absolute Gasteiger partial charge is 0.510 e. The summed E-state index contributed by atoms with van der Waals surface area (Å²) in [7, 11) is 1.60. The molecule has 0 bridgehead atoms. The van der Waals surface area contributed by atoms with Crippen LogP contribution in [-0.4, -0.2) is 34.8 Å². The molecule has 1 unspecified atom stereocenters. The SMILES string of the molecule is COc1ccc(COCC(C)(C)OC(=O)OC(Cl)C(Cl)(Cl)Cl)cc1. The molecule has 1 rings (SSSR count). The van der Waals surface area contributed by atoms with Crippen LogP contribution < -0.4 is 4.74 Å². The fraction of sp³-hybridized carbons (Fsp3) is 0.533. The van der Waals surface area contributed by atoms with Crippen molar-refractivity contribution in [3.63, 3.8) is 0 Å². The molecule has 136 valence electrons. The zero-order valence-corrected chi connectivity index (χ0v) is 16.4. The second-order valence-electron chi connectivity index (χ2n) is 5.43. The van der Waals surface area contributed by atoms with Gasteiger partial charge in [-0.15, -0.1) is 0 Å². The summed E-state index contributed by atoms with van der Waals surface area (Å²) in [6.45, 7) is 3.79. The summed E-state index contributed by atoms with van der Waals surface area (Å²) in [5, 5.41) is 0. The molecule has 0 spiro atoms. The van der Waals surface area contributed by atoms with Crippen molar-refractivity contribution in [1.29, 1.82) is 0 Å². The molecular weight excluding hydrogens is 402 g/mol. The van der Waals surface area contributed by atoms with Crippen LogP contribution in [0.2, 0.25) is 0 Å². The highest BCUT2D eigenvalue weighted by atomic mass is 35.6. The lowest BCUT2D eigenvalue weighted by Gasteiger charge is -2.26. The van der Waals surface area contributed by atoms with Gasteiger partial charge in [-0.2, -0.15) is 0 Å². The average molecular weight is 420 g/mol. The van der Waals surface area contributed by atoms with Crippen molar-refractivity contribution >= 4 is 52.6 Å². The van der Waals surface area contributed by atoms with Crippen LogP contribution in [0.25, 0.3) is 0 Å². The molecule has 0 N–H and O–H groups in total. The van der Waals surface area contributed by atoms with Crippen LogP contribution in [0.15, 0.2) is 24.3 Å². The third-order valence-electron chi connectivity index (χ3n) is 2.69. The molecule has 24 heavy (non-hydrogen) atoms. The van der Waals surface area contributed by atoms with Crippen molar-refractivity contribution in [2.75, 3.05) is 13.7 Å². The van der Waals surface area contributed by atoms with Crippen LogP contribution in [0.4, 0.5) is 4.79 Å². The maximum atomic E-state index is 11.6. The van der Waals surface area contributed by atoms with Gasteiger partial charge in [-0.3, -0.25) is 0 Å². The van der Waals surface area contributed by atoms with Crippen LogP contribution in [0.3, 0.4) is 0 Å². The van der Waals surface area contributed by atoms with E-state index in [1.807, 2.05) is 24.3 Å². The van der Waals surface area contributed by atoms with Gasteiger partial charge in [0.1, 0.15) is 11.4 Å². The highest BCUT2D eigenvalue weighted by Crippen LogP contribution is 2.34. The van der Waals surface area contributed by atoms with E-state index in [1.165, 1.54) is 0 Å². The number of rotatable bonds is 7. The van der Waals surface area contributed by atoms with Crippen molar-refractivity contribution < 1.29 is 23.7 Å². The van der Waals surface area contributed by atoms with Gasteiger partial charge in [0.2, 0.25) is 9.36 Å². The molecule has 1 aromatic carbocycles. The number of alkyl halides is 4. The Bertz CT molecular complexity index is 528. The highest BCUT2D eigenvalue weighted by Gasteiger charge is 2.36. The van der Waals surface area contributed by atoms with E-state index in [2.05, 4.69) is 4.74 Å². The Hall–Kier alpha value is -0.590. The lowest BCUT2D eigenvalue weighted by Crippen LogP contribution is -2.36. The number of hydrogen-bond acceptors (Lipinski definition) is 5. The first-order valence-electron chi connectivity index (χ1n) is 6.84. The van der Waals surface area contributed by atoms with Crippen molar-refractivity contribution in [1.82, 2.24) is 0 Å². The summed E-state index contributed by atoms with van der Waals surface area (Å²) >= 11 is 22.1. The van der Waals surface area contributed by atoms with Crippen molar-refractivity contribution in [3.05, 3.63) is 29.8 Å². The molecule has 0 radical (unpaired) electrons. The monoisotopic (exact) mass is 418 g/mol. The Morgan fingerprint density at radius 1 is 1.17 bits per heavy atom. The number of carbonyl (C=O) groups excluding carboxylic acids is 1. The molecule has 0 heterocycles. The molecule has 0 amide bonds. The topological polar surface area (TPSA) is 54.0 Å². The molecule has 0 saturated carbocycles. The van der Waals surface area contributed by atoms with Crippen LogP contribution in [0, 0.1) is 0 Å². The Morgan fingerprint density at radius 2 is 1.75 bits per heavy atom. The van der Waals surface area contributed by atoms with Crippen LogP contribution >= 0.6 is 46.4 Å². The fourth-order valence-electron chi connectivity index (χ4n) is 1.57. The minimum atomic E-state index is -1.95. The quantitative estimate of drug-likeness (QED) is 0.455. The third kappa shape index (κ3) is 7.99. The number of ether oxygens (including phenoxy) is 4. The average Bonchev–Trinajstić information content (AvgIpc) is 2.46. The number of benzene rings is 1. The van der Waals surface area contributed by atoms with Crippen molar-refractivity contribution in [2.45, 2.75) is 35.4 Å². The summed E-state index contributed by atoms with van der Waals surface area (Å²) in [5.41, 5.74) is -1.47. The molecule has 0 aromatic heterocycles. The van der Waals surface area contributed by atoms with Gasteiger partial charge in [-0.05, 0) is 31.5 Å². The number of hydrogen-bond donors (Lipinski definition) is 0. The van der Waals surface area contributed by atoms with Crippen molar-refractivity contribution in [3.8, 4) is 5.75 Å². The Kier molecular flexibility index (Phi) is 8.23. The van der Waals surface area contributed by atoms with Crippen molar-refractivity contribution in [2.24, 2.45) is 0 Å². The number of carbonyl (C=O) groups is 1. The standard InChI is InChI=1S/C15H18Cl4O5/c1-14(2,24-13(20)23-12(16)15(17,18)19)9-22-8-10-4-6-11(21-3)7-5-10/h4-7,12H,8-9H2,1-3H3. The van der Waals surface area contributed by atoms with E-state index in [-0.39, 0.29) is 6.61 Å². The van der Waals surface area contributed by atoms with Crippen LogP contribution in [-0.2, 0) is 20.8 Å². The van der Waals surface area contributed by atoms with Crippen LogP contribution in [0.5, 0.6) is 5.75 Å². The summed E-state index contributed by atoms with van der Waals surface area (Å²) in [6, 6.07) is 7.41. The Morgan fingerprint density at radius 3 is 2.25 bits per heavy atom. The fourth-order valence-corrected chi connectivity index (χ4v) is 1.77. The molecule has 1 aromatic rings. The van der Waals surface area contributed by atoms with E-state index >= 15 is 0 Å². The predicted molar refractivity (Wildman–Crippen MR) is 94.2 cm³/mol. The van der Waals surface area contributed by atoms with E-state index in [0.29, 0.717) is 6.61 Å². The Balaban J connectivity index is 2.41. The minimum Gasteiger partial charge on any atom is -0.497 e. The molecule has 1 atom stereocenters. The molecule has 0 aliphatic rings. The summed E-state index contributed by atoms with van der Waals surface area (Å²) in [4.78, 5) is 11.6. The van der Waals surface area contributed by atoms with E-state index in [0.717, 1.165) is 11.3 Å². The highest BCUT2D eigenvalue weighted by molar-refractivity contribution is 6.70. The minimum absolute atomic E-state index is 0.134. The molecule has 5 nitrogen and oxygen atoms in total. The smallest absolute Gasteiger partial charge is 0.497 e. The third-order valence-corrected chi connectivity index (χ3v) is 4.04. The molecule has 0 aliphatic carbocycles. The number of halogens is 4. The lowest BCUT2D eigenvalue weighted by atomic mass is 10.1. The molecule has 9 heteroatoms. The summed E-state index contributed by atoms with van der Waals surface area (Å²) in [5.74, 6) is 0.759. The molecule has 0 aliphatic heterocycles. The van der Waals surface area contributed by atoms with E-state index in [1.54, 1.807) is 21.0 Å². The first-order chi connectivity index (χ1) is 11.0. The number of methoxy groups -OCH3 is 1. The van der Waals surface area contributed by atoms with Gasteiger partial charge in [-0.1, -0.05) is 58.5 Å². The summed E-state index contributed by atoms with van der Waals surface area (Å²) < 4.78 is 18.5. The Labute approximate surface area is 161 Å². The molecular formula is C15H18Cl4O5. The van der Waals surface area contributed by atoms with E-state index in [9.17, 15) is 4.79 Å². The second kappa shape index (κ2) is 9.20. The predicted octanol–water partition coefficient (Wildman–Crippen LogP) is 5.08. The van der Waals surface area contributed by atoms with Gasteiger partial charge < -0.3 is 18.9 Å². The van der Waals surface area contributed by atoms with Gasteiger partial charge in [-0.25, -0.2) is 4.79 Å². The second-order valence-corrected chi connectivity index (χ2v) is 8.19. The maximum absolute atomic E-state index is 11.6. The van der Waals surface area contributed by atoms with Gasteiger partial charge in [0.15, 0.2) is 0 Å². The van der Waals surface area contributed by atoms with E-state index < -0.39 is 21.1 Å². The van der Waals surface area contributed by atoms with Gasteiger partial charge in [0, 0.05) is 0 Å². The first kappa shape index (κ1) is 21.5. The van der Waals surface area contributed by atoms with Gasteiger partial charge in [0.05, 0.1) is 20.3 Å². The zero-order chi connectivity index (χ0) is 18.4. The van der Waals surface area contributed by atoms with Crippen LogP contribution in [0.1, 0.15) is 19.4 Å². The lowest BCUT2D eigenvalue weighted by molar-refractivity contribution is -0.0674. The normalized spacial score (nSPS) is 13.3. The van der Waals surface area contributed by atoms with Gasteiger partial charge >= 0.3 is 6.16 Å². The maximum Gasteiger partial charge on any atom is 0.510 e. The first-order valence-corrected chi connectivity index (χ1v) is 8.41. The summed E-state index contributed by atoms with van der Waals surface area (Å²) in [6.07, 6.45) is -1.06. The molecule has 0 saturated heterocycles.